The fraction of sp³-hybridized carbons (Fsp3) is 0.500. The Hall–Kier alpha value is -1.87. The van der Waals surface area contributed by atoms with Gasteiger partial charge in [0.2, 0.25) is 6.08 Å². The summed E-state index contributed by atoms with van der Waals surface area (Å²) in [6, 6.07) is 3.42. The maximum Gasteiger partial charge on any atom is 0.235 e. The minimum Gasteiger partial charge on any atom is -0.486 e. The summed E-state index contributed by atoms with van der Waals surface area (Å²) in [5, 5.41) is 0. The Labute approximate surface area is 110 Å². The molecule has 1 aliphatic heterocycles. The first kappa shape index (κ1) is 12.2. The van der Waals surface area contributed by atoms with Crippen LogP contribution >= 0.6 is 0 Å². The van der Waals surface area contributed by atoms with Crippen LogP contribution in [-0.4, -0.2) is 19.3 Å². The van der Waals surface area contributed by atoms with Crippen LogP contribution in [0.3, 0.4) is 0 Å². The summed E-state index contributed by atoms with van der Waals surface area (Å²) in [6.45, 7) is 2.40. The van der Waals surface area contributed by atoms with E-state index in [0.717, 1.165) is 18.4 Å². The van der Waals surface area contributed by atoms with Gasteiger partial charge in [-0.25, -0.2) is 9.18 Å². The van der Waals surface area contributed by atoms with Crippen molar-refractivity contribution in [3.63, 3.8) is 0 Å². The summed E-state index contributed by atoms with van der Waals surface area (Å²) in [4.78, 5) is 14.4. The topological polar surface area (TPSA) is 47.9 Å². The number of carbonyl (C=O) groups excluding carboxylic acids is 1. The highest BCUT2D eigenvalue weighted by atomic mass is 19.1. The molecule has 1 saturated carbocycles. The Morgan fingerprint density at radius 3 is 2.47 bits per heavy atom. The SMILES string of the molecule is CC(F)c1cc2c(cc1C1(N=C=O)CC1)OCCO2. The summed E-state index contributed by atoms with van der Waals surface area (Å²) in [7, 11) is 0. The van der Waals surface area contributed by atoms with Gasteiger partial charge in [0, 0.05) is 0 Å². The Morgan fingerprint density at radius 1 is 1.32 bits per heavy atom. The van der Waals surface area contributed by atoms with Crippen molar-refractivity contribution in [1.29, 1.82) is 0 Å². The van der Waals surface area contributed by atoms with E-state index in [1.807, 2.05) is 0 Å². The fourth-order valence-electron chi connectivity index (χ4n) is 2.48. The van der Waals surface area contributed by atoms with Crippen molar-refractivity contribution in [2.75, 3.05) is 13.2 Å². The molecule has 0 N–H and O–H groups in total. The molecular formula is C14H14FNO3. The van der Waals surface area contributed by atoms with Crippen molar-refractivity contribution in [3.05, 3.63) is 23.3 Å². The van der Waals surface area contributed by atoms with Gasteiger partial charge >= 0.3 is 0 Å². The van der Waals surface area contributed by atoms with Crippen molar-refractivity contribution in [2.45, 2.75) is 31.5 Å². The van der Waals surface area contributed by atoms with Crippen molar-refractivity contribution >= 4 is 6.08 Å². The van der Waals surface area contributed by atoms with E-state index >= 15 is 0 Å². The largest absolute Gasteiger partial charge is 0.486 e. The van der Waals surface area contributed by atoms with Crippen molar-refractivity contribution in [2.24, 2.45) is 4.99 Å². The molecule has 0 saturated heterocycles. The third-order valence-electron chi connectivity index (χ3n) is 3.63. The van der Waals surface area contributed by atoms with Crippen molar-refractivity contribution < 1.29 is 18.7 Å². The highest BCUT2D eigenvalue weighted by molar-refractivity contribution is 5.54. The van der Waals surface area contributed by atoms with E-state index in [-0.39, 0.29) is 0 Å². The molecule has 100 valence electrons. The zero-order chi connectivity index (χ0) is 13.5. The molecule has 0 spiro atoms. The third-order valence-corrected chi connectivity index (χ3v) is 3.63. The van der Waals surface area contributed by atoms with Gasteiger partial charge in [0.25, 0.3) is 0 Å². The van der Waals surface area contributed by atoms with Gasteiger partial charge in [-0.3, -0.25) is 0 Å². The molecule has 19 heavy (non-hydrogen) atoms. The molecule has 1 aromatic rings. The third kappa shape index (κ3) is 2.00. The normalized spacial score (nSPS) is 20.3. The molecule has 5 heteroatoms. The van der Waals surface area contributed by atoms with Crippen LogP contribution in [0.2, 0.25) is 0 Å². The molecule has 3 rings (SSSR count). The molecular weight excluding hydrogens is 249 g/mol. The van der Waals surface area contributed by atoms with E-state index in [4.69, 9.17) is 9.47 Å². The number of aliphatic imine (C=N–C) groups is 1. The number of ether oxygens (including phenoxy) is 2. The van der Waals surface area contributed by atoms with Crippen LogP contribution in [0.15, 0.2) is 17.1 Å². The summed E-state index contributed by atoms with van der Waals surface area (Å²) in [5.74, 6) is 1.15. The number of isocyanates is 1. The molecule has 0 aromatic heterocycles. The van der Waals surface area contributed by atoms with Crippen LogP contribution in [0.5, 0.6) is 11.5 Å². The predicted octanol–water partition coefficient (Wildman–Crippen LogP) is 2.81. The fourth-order valence-corrected chi connectivity index (χ4v) is 2.48. The number of hydrogen-bond acceptors (Lipinski definition) is 4. The molecule has 0 bridgehead atoms. The lowest BCUT2D eigenvalue weighted by atomic mass is 9.95. The average Bonchev–Trinajstić information content (AvgIpc) is 3.18. The number of fused-ring (bicyclic) bond motifs is 1. The Morgan fingerprint density at radius 2 is 1.95 bits per heavy atom. The maximum absolute atomic E-state index is 13.8. The van der Waals surface area contributed by atoms with Crippen LogP contribution in [-0.2, 0) is 10.3 Å². The molecule has 0 amide bonds. The molecule has 1 atom stereocenters. The summed E-state index contributed by atoms with van der Waals surface area (Å²) < 4.78 is 24.8. The molecule has 1 fully saturated rings. The maximum atomic E-state index is 13.8. The van der Waals surface area contributed by atoms with Gasteiger partial charge in [0.05, 0.1) is 5.54 Å². The highest BCUT2D eigenvalue weighted by Gasteiger charge is 2.47. The quantitative estimate of drug-likeness (QED) is 0.622. The lowest BCUT2D eigenvalue weighted by Crippen LogP contribution is -2.17. The van der Waals surface area contributed by atoms with Crippen LogP contribution in [0.1, 0.15) is 37.1 Å². The van der Waals surface area contributed by atoms with Gasteiger partial charge < -0.3 is 9.47 Å². The van der Waals surface area contributed by atoms with Gasteiger partial charge in [-0.15, -0.1) is 0 Å². The highest BCUT2D eigenvalue weighted by Crippen LogP contribution is 2.53. The zero-order valence-corrected chi connectivity index (χ0v) is 10.6. The number of alkyl halides is 1. The minimum absolute atomic E-state index is 0.462. The van der Waals surface area contributed by atoms with Gasteiger partial charge in [-0.2, -0.15) is 4.99 Å². The summed E-state index contributed by atoms with van der Waals surface area (Å²) in [6.07, 6.45) is 1.92. The number of halogens is 1. The molecule has 1 aliphatic carbocycles. The standard InChI is InChI=1S/C14H14FNO3/c1-9(15)10-6-12-13(19-5-4-18-12)7-11(10)14(2-3-14)16-8-17/h6-7,9H,2-5H2,1H3. The molecule has 0 radical (unpaired) electrons. The molecule has 2 aliphatic rings. The Kier molecular flexibility index (Phi) is 2.79. The number of rotatable bonds is 3. The summed E-state index contributed by atoms with van der Waals surface area (Å²) >= 11 is 0. The zero-order valence-electron chi connectivity index (χ0n) is 10.6. The second-order valence-electron chi connectivity index (χ2n) is 4.93. The van der Waals surface area contributed by atoms with Gasteiger partial charge in [0.1, 0.15) is 19.4 Å². The lowest BCUT2D eigenvalue weighted by molar-refractivity contribution is 0.170. The van der Waals surface area contributed by atoms with E-state index in [0.29, 0.717) is 30.3 Å². The van der Waals surface area contributed by atoms with Gasteiger partial charge in [-0.1, -0.05) is 0 Å². The smallest absolute Gasteiger partial charge is 0.235 e. The molecule has 1 unspecified atom stereocenters. The van der Waals surface area contributed by atoms with Crippen LogP contribution < -0.4 is 9.47 Å². The first-order chi connectivity index (χ1) is 9.16. The number of hydrogen-bond donors (Lipinski definition) is 0. The van der Waals surface area contributed by atoms with Crippen LogP contribution in [0.4, 0.5) is 4.39 Å². The summed E-state index contributed by atoms with van der Waals surface area (Å²) in [5.41, 5.74) is 0.628. The second kappa shape index (κ2) is 4.35. The van der Waals surface area contributed by atoms with Gasteiger partial charge in [-0.05, 0) is 43.0 Å². The predicted molar refractivity (Wildman–Crippen MR) is 66.0 cm³/mol. The van der Waals surface area contributed by atoms with E-state index in [2.05, 4.69) is 4.99 Å². The average molecular weight is 263 g/mol. The van der Waals surface area contributed by atoms with E-state index < -0.39 is 11.7 Å². The van der Waals surface area contributed by atoms with E-state index in [1.54, 1.807) is 18.2 Å². The van der Waals surface area contributed by atoms with E-state index in [9.17, 15) is 9.18 Å². The molecule has 4 nitrogen and oxygen atoms in total. The number of nitrogens with zero attached hydrogens (tertiary/aromatic N) is 1. The number of benzene rings is 1. The first-order valence-corrected chi connectivity index (χ1v) is 6.33. The lowest BCUT2D eigenvalue weighted by Gasteiger charge is -2.23. The van der Waals surface area contributed by atoms with Crippen LogP contribution in [0.25, 0.3) is 0 Å². The van der Waals surface area contributed by atoms with Crippen molar-refractivity contribution in [1.82, 2.24) is 0 Å². The monoisotopic (exact) mass is 263 g/mol. The molecule has 1 aromatic carbocycles. The second-order valence-corrected chi connectivity index (χ2v) is 4.93. The van der Waals surface area contributed by atoms with E-state index in [1.165, 1.54) is 6.92 Å². The first-order valence-electron chi connectivity index (χ1n) is 6.33. The van der Waals surface area contributed by atoms with Gasteiger partial charge in [0.15, 0.2) is 11.5 Å². The van der Waals surface area contributed by atoms with Crippen molar-refractivity contribution in [3.8, 4) is 11.5 Å². The Balaban J connectivity index is 2.14. The molecule has 1 heterocycles. The van der Waals surface area contributed by atoms with Crippen LogP contribution in [0, 0.1) is 0 Å². The minimum atomic E-state index is -1.15. The Bertz CT molecular complexity index is 560.